The standard InChI is InChI=1S/C15H13N3O4/c1-21-11-4-2-3-10(7-11)13-6-5-12(22-13)8-16-18-9-14(19)17-15(18)20/h2-8H,9H2,1H3,(H,17,19,20). The molecule has 0 spiro atoms. The minimum absolute atomic E-state index is 0.0845. The molecule has 1 aromatic heterocycles. The van der Waals surface area contributed by atoms with E-state index < -0.39 is 6.03 Å². The van der Waals surface area contributed by atoms with Crippen LogP contribution in [-0.2, 0) is 4.79 Å². The maximum absolute atomic E-state index is 11.3. The second-order valence-electron chi connectivity index (χ2n) is 4.59. The fourth-order valence-electron chi connectivity index (χ4n) is 2.00. The number of carbonyl (C=O) groups is 2. The average Bonchev–Trinajstić information content (AvgIpc) is 3.11. The van der Waals surface area contributed by atoms with Gasteiger partial charge in [-0.3, -0.25) is 10.1 Å². The second kappa shape index (κ2) is 5.72. The van der Waals surface area contributed by atoms with Gasteiger partial charge in [-0.2, -0.15) is 5.10 Å². The van der Waals surface area contributed by atoms with Gasteiger partial charge in [-0.05, 0) is 24.3 Å². The van der Waals surface area contributed by atoms with Gasteiger partial charge in [-0.15, -0.1) is 0 Å². The molecule has 3 rings (SSSR count). The van der Waals surface area contributed by atoms with Crippen LogP contribution in [-0.4, -0.2) is 36.8 Å². The molecular formula is C15H13N3O4. The Balaban J connectivity index is 1.76. The van der Waals surface area contributed by atoms with Crippen molar-refractivity contribution >= 4 is 18.2 Å². The van der Waals surface area contributed by atoms with E-state index in [-0.39, 0.29) is 12.5 Å². The van der Waals surface area contributed by atoms with Crippen molar-refractivity contribution in [2.75, 3.05) is 13.7 Å². The van der Waals surface area contributed by atoms with Crippen molar-refractivity contribution in [2.45, 2.75) is 0 Å². The number of amides is 3. The number of hydrazone groups is 1. The molecule has 1 N–H and O–H groups in total. The Labute approximate surface area is 126 Å². The third kappa shape index (κ3) is 2.83. The van der Waals surface area contributed by atoms with Crippen molar-refractivity contribution in [3.8, 4) is 17.1 Å². The fourth-order valence-corrected chi connectivity index (χ4v) is 2.00. The predicted molar refractivity (Wildman–Crippen MR) is 78.5 cm³/mol. The Hall–Kier alpha value is -3.09. The van der Waals surface area contributed by atoms with Crippen LogP contribution in [0.3, 0.4) is 0 Å². The lowest BCUT2D eigenvalue weighted by Gasteiger charge is -2.03. The first kappa shape index (κ1) is 13.9. The number of urea groups is 1. The third-order valence-corrected chi connectivity index (χ3v) is 3.08. The molecule has 1 aromatic carbocycles. The molecule has 0 atom stereocenters. The van der Waals surface area contributed by atoms with E-state index in [0.717, 1.165) is 16.3 Å². The summed E-state index contributed by atoms with van der Waals surface area (Å²) in [6.45, 7) is -0.0845. The number of carbonyl (C=O) groups excluding carboxylic acids is 2. The highest BCUT2D eigenvalue weighted by atomic mass is 16.5. The minimum Gasteiger partial charge on any atom is -0.497 e. The fraction of sp³-hybridized carbons (Fsp3) is 0.133. The van der Waals surface area contributed by atoms with Crippen molar-refractivity contribution in [2.24, 2.45) is 5.10 Å². The highest BCUT2D eigenvalue weighted by Gasteiger charge is 2.25. The molecular weight excluding hydrogens is 286 g/mol. The molecule has 0 saturated carbocycles. The van der Waals surface area contributed by atoms with E-state index in [2.05, 4.69) is 10.4 Å². The summed E-state index contributed by atoms with van der Waals surface area (Å²) in [5.74, 6) is 1.49. The first-order valence-electron chi connectivity index (χ1n) is 6.55. The SMILES string of the molecule is COc1cccc(-c2ccc(C=NN3CC(=O)NC3=O)o2)c1. The smallest absolute Gasteiger partial charge is 0.344 e. The maximum atomic E-state index is 11.3. The van der Waals surface area contributed by atoms with E-state index in [0.29, 0.717) is 11.5 Å². The van der Waals surface area contributed by atoms with Crippen molar-refractivity contribution in [3.05, 3.63) is 42.2 Å². The molecule has 1 aliphatic heterocycles. The topological polar surface area (TPSA) is 84.1 Å². The monoisotopic (exact) mass is 299 g/mol. The average molecular weight is 299 g/mol. The third-order valence-electron chi connectivity index (χ3n) is 3.08. The number of rotatable bonds is 4. The van der Waals surface area contributed by atoms with Gasteiger partial charge in [-0.25, -0.2) is 9.80 Å². The minimum atomic E-state index is -0.541. The van der Waals surface area contributed by atoms with Crippen molar-refractivity contribution in [1.82, 2.24) is 10.3 Å². The van der Waals surface area contributed by atoms with Crippen LogP contribution in [0.2, 0.25) is 0 Å². The van der Waals surface area contributed by atoms with Gasteiger partial charge >= 0.3 is 6.03 Å². The summed E-state index contributed by atoms with van der Waals surface area (Å²) in [6.07, 6.45) is 1.39. The quantitative estimate of drug-likeness (QED) is 0.689. The summed E-state index contributed by atoms with van der Waals surface area (Å²) < 4.78 is 10.8. The lowest BCUT2D eigenvalue weighted by Crippen LogP contribution is -2.24. The molecule has 1 fully saturated rings. The number of hydrogen-bond donors (Lipinski definition) is 1. The van der Waals surface area contributed by atoms with Crippen molar-refractivity contribution < 1.29 is 18.7 Å². The second-order valence-corrected chi connectivity index (χ2v) is 4.59. The van der Waals surface area contributed by atoms with E-state index in [4.69, 9.17) is 9.15 Å². The molecule has 0 aliphatic carbocycles. The number of hydrogen-bond acceptors (Lipinski definition) is 5. The lowest BCUT2D eigenvalue weighted by molar-refractivity contribution is -0.118. The summed E-state index contributed by atoms with van der Waals surface area (Å²) in [6, 6.07) is 10.4. The molecule has 1 saturated heterocycles. The predicted octanol–water partition coefficient (Wildman–Crippen LogP) is 1.84. The van der Waals surface area contributed by atoms with Crippen LogP contribution in [0.15, 0.2) is 45.9 Å². The molecule has 0 bridgehead atoms. The van der Waals surface area contributed by atoms with Crippen LogP contribution >= 0.6 is 0 Å². The number of furan rings is 1. The lowest BCUT2D eigenvalue weighted by atomic mass is 10.2. The number of ether oxygens (including phenoxy) is 1. The number of nitrogens with one attached hydrogen (secondary N) is 1. The van der Waals surface area contributed by atoms with Gasteiger partial charge in [0, 0.05) is 5.56 Å². The Morgan fingerprint density at radius 1 is 1.32 bits per heavy atom. The van der Waals surface area contributed by atoms with Crippen LogP contribution in [0.1, 0.15) is 5.76 Å². The Bertz CT molecular complexity index is 751. The highest BCUT2D eigenvalue weighted by Crippen LogP contribution is 2.25. The molecule has 22 heavy (non-hydrogen) atoms. The van der Waals surface area contributed by atoms with Gasteiger partial charge in [-0.1, -0.05) is 12.1 Å². The van der Waals surface area contributed by atoms with E-state index in [9.17, 15) is 9.59 Å². The molecule has 0 unspecified atom stereocenters. The van der Waals surface area contributed by atoms with Crippen LogP contribution in [0.5, 0.6) is 5.75 Å². The number of imide groups is 1. The summed E-state index contributed by atoms with van der Waals surface area (Å²) in [5.41, 5.74) is 0.869. The Kier molecular flexibility index (Phi) is 3.61. The first-order valence-corrected chi connectivity index (χ1v) is 6.55. The van der Waals surface area contributed by atoms with Gasteiger partial charge < -0.3 is 9.15 Å². The van der Waals surface area contributed by atoms with Crippen LogP contribution in [0.25, 0.3) is 11.3 Å². The van der Waals surface area contributed by atoms with Gasteiger partial charge in [0.1, 0.15) is 23.8 Å². The number of benzene rings is 1. The van der Waals surface area contributed by atoms with E-state index in [1.807, 2.05) is 24.3 Å². The van der Waals surface area contributed by atoms with Crippen LogP contribution in [0.4, 0.5) is 4.79 Å². The molecule has 2 aromatic rings. The molecule has 0 radical (unpaired) electrons. The van der Waals surface area contributed by atoms with E-state index in [1.54, 1.807) is 19.2 Å². The van der Waals surface area contributed by atoms with E-state index >= 15 is 0 Å². The maximum Gasteiger partial charge on any atom is 0.344 e. The van der Waals surface area contributed by atoms with Crippen LogP contribution in [0, 0.1) is 0 Å². The summed E-state index contributed by atoms with van der Waals surface area (Å²) in [7, 11) is 1.60. The molecule has 112 valence electrons. The molecule has 7 nitrogen and oxygen atoms in total. The van der Waals surface area contributed by atoms with Crippen molar-refractivity contribution in [1.29, 1.82) is 0 Å². The zero-order chi connectivity index (χ0) is 15.5. The summed E-state index contributed by atoms with van der Waals surface area (Å²) in [4.78, 5) is 22.4. The zero-order valence-corrected chi connectivity index (χ0v) is 11.8. The Morgan fingerprint density at radius 3 is 2.91 bits per heavy atom. The number of methoxy groups -OCH3 is 1. The molecule has 2 heterocycles. The first-order chi connectivity index (χ1) is 10.7. The van der Waals surface area contributed by atoms with Crippen LogP contribution < -0.4 is 10.1 Å². The van der Waals surface area contributed by atoms with Gasteiger partial charge in [0.05, 0.1) is 13.3 Å². The normalized spacial score (nSPS) is 14.7. The molecule has 1 aliphatic rings. The van der Waals surface area contributed by atoms with E-state index in [1.165, 1.54) is 6.21 Å². The van der Waals surface area contributed by atoms with Gasteiger partial charge in [0.15, 0.2) is 0 Å². The van der Waals surface area contributed by atoms with Gasteiger partial charge in [0.2, 0.25) is 5.91 Å². The summed E-state index contributed by atoms with van der Waals surface area (Å²) in [5, 5.41) is 7.10. The highest BCUT2D eigenvalue weighted by molar-refractivity contribution is 6.02. The molecule has 7 heteroatoms. The Morgan fingerprint density at radius 2 is 2.18 bits per heavy atom. The van der Waals surface area contributed by atoms with Crippen molar-refractivity contribution in [3.63, 3.8) is 0 Å². The number of nitrogens with zero attached hydrogens (tertiary/aromatic N) is 2. The zero-order valence-electron chi connectivity index (χ0n) is 11.8. The largest absolute Gasteiger partial charge is 0.497 e. The molecule has 3 amide bonds. The summed E-state index contributed by atoms with van der Waals surface area (Å²) >= 11 is 0. The van der Waals surface area contributed by atoms with Gasteiger partial charge in [0.25, 0.3) is 0 Å².